The molecule has 0 aromatic heterocycles. The Bertz CT molecular complexity index is 647. The fourth-order valence-electron chi connectivity index (χ4n) is 4.95. The number of hydrogen-bond donors (Lipinski definition) is 0. The second kappa shape index (κ2) is 29.5. The van der Waals surface area contributed by atoms with E-state index < -0.39 is 6.10 Å². The number of rotatable bonds is 30. The Morgan fingerprint density at radius 3 is 1.36 bits per heavy atom. The average Bonchev–Trinajstić information content (AvgIpc) is 2.96. The molecular formula is C36H68O6. The molecule has 0 amide bonds. The predicted octanol–water partition coefficient (Wildman–Crippen LogP) is 10.3. The first-order valence-electron chi connectivity index (χ1n) is 17.8. The van der Waals surface area contributed by atoms with Gasteiger partial charge in [0.25, 0.3) is 0 Å². The van der Waals surface area contributed by atoms with Gasteiger partial charge < -0.3 is 14.2 Å². The molecule has 0 aliphatic carbocycles. The Morgan fingerprint density at radius 2 is 0.905 bits per heavy atom. The lowest BCUT2D eigenvalue weighted by Gasteiger charge is -2.18. The van der Waals surface area contributed by atoms with E-state index in [1.807, 2.05) is 0 Å². The molecule has 1 unspecified atom stereocenters. The Hall–Kier alpha value is -1.59. The highest BCUT2D eigenvalue weighted by Crippen LogP contribution is 2.15. The van der Waals surface area contributed by atoms with Crippen molar-refractivity contribution in [1.29, 1.82) is 0 Å². The van der Waals surface area contributed by atoms with Gasteiger partial charge in [-0.3, -0.25) is 14.4 Å². The van der Waals surface area contributed by atoms with Gasteiger partial charge in [0.1, 0.15) is 13.2 Å². The van der Waals surface area contributed by atoms with Crippen molar-refractivity contribution in [2.75, 3.05) is 13.2 Å². The second-order valence-electron chi connectivity index (χ2n) is 12.9. The predicted molar refractivity (Wildman–Crippen MR) is 173 cm³/mol. The van der Waals surface area contributed by atoms with E-state index >= 15 is 0 Å². The minimum absolute atomic E-state index is 0.0697. The van der Waals surface area contributed by atoms with E-state index in [1.165, 1.54) is 64.2 Å². The molecule has 0 rings (SSSR count). The van der Waals surface area contributed by atoms with Crippen molar-refractivity contribution >= 4 is 17.9 Å². The van der Waals surface area contributed by atoms with Crippen LogP contribution in [-0.4, -0.2) is 37.2 Å². The number of carbonyl (C=O) groups excluding carboxylic acids is 3. The Morgan fingerprint density at radius 1 is 0.500 bits per heavy atom. The number of esters is 3. The van der Waals surface area contributed by atoms with Crippen LogP contribution in [0.15, 0.2) is 0 Å². The van der Waals surface area contributed by atoms with Crippen LogP contribution in [0.2, 0.25) is 0 Å². The molecule has 2 atom stereocenters. The first kappa shape index (κ1) is 40.4. The number of unbranched alkanes of at least 4 members (excludes halogenated alkanes) is 14. The first-order chi connectivity index (χ1) is 20.3. The van der Waals surface area contributed by atoms with Gasteiger partial charge in [-0.1, -0.05) is 144 Å². The highest BCUT2D eigenvalue weighted by molar-refractivity contribution is 5.71. The highest BCUT2D eigenvalue weighted by atomic mass is 16.6. The largest absolute Gasteiger partial charge is 0.462 e. The lowest BCUT2D eigenvalue weighted by Crippen LogP contribution is -2.30. The van der Waals surface area contributed by atoms with E-state index in [2.05, 4.69) is 34.6 Å². The molecule has 0 heterocycles. The quantitative estimate of drug-likeness (QED) is 0.0466. The summed E-state index contributed by atoms with van der Waals surface area (Å²) in [6.45, 7) is 11.1. The van der Waals surface area contributed by atoms with Crippen LogP contribution in [0.1, 0.15) is 182 Å². The fourth-order valence-corrected chi connectivity index (χ4v) is 4.95. The molecule has 0 radical (unpaired) electrons. The van der Waals surface area contributed by atoms with Crippen LogP contribution in [0.3, 0.4) is 0 Å². The van der Waals surface area contributed by atoms with Crippen LogP contribution in [-0.2, 0) is 28.6 Å². The minimum Gasteiger partial charge on any atom is -0.462 e. The van der Waals surface area contributed by atoms with Gasteiger partial charge in [-0.15, -0.1) is 0 Å². The summed E-state index contributed by atoms with van der Waals surface area (Å²) in [6.07, 6.45) is 22.8. The highest BCUT2D eigenvalue weighted by Gasteiger charge is 2.19. The van der Waals surface area contributed by atoms with Crippen molar-refractivity contribution in [3.8, 4) is 0 Å². The first-order valence-corrected chi connectivity index (χ1v) is 17.8. The summed E-state index contributed by atoms with van der Waals surface area (Å²) in [6, 6.07) is 0. The van der Waals surface area contributed by atoms with Gasteiger partial charge >= 0.3 is 17.9 Å². The molecule has 0 N–H and O–H groups in total. The molecule has 0 saturated carbocycles. The summed E-state index contributed by atoms with van der Waals surface area (Å²) >= 11 is 0. The molecule has 6 heteroatoms. The van der Waals surface area contributed by atoms with Crippen LogP contribution in [0, 0.1) is 11.8 Å². The molecule has 6 nitrogen and oxygen atoms in total. The minimum atomic E-state index is -0.757. The van der Waals surface area contributed by atoms with E-state index in [0.29, 0.717) is 19.3 Å². The molecule has 0 fully saturated rings. The Labute approximate surface area is 259 Å². The molecule has 0 bridgehead atoms. The van der Waals surface area contributed by atoms with E-state index in [-0.39, 0.29) is 31.1 Å². The molecule has 0 aliphatic rings. The van der Waals surface area contributed by atoms with Crippen LogP contribution in [0.25, 0.3) is 0 Å². The summed E-state index contributed by atoms with van der Waals surface area (Å²) in [7, 11) is 0. The second-order valence-corrected chi connectivity index (χ2v) is 12.9. The Kier molecular flexibility index (Phi) is 28.4. The van der Waals surface area contributed by atoms with Crippen molar-refractivity contribution in [3.05, 3.63) is 0 Å². The van der Waals surface area contributed by atoms with Gasteiger partial charge in [0.2, 0.25) is 0 Å². The van der Waals surface area contributed by atoms with Gasteiger partial charge in [0.15, 0.2) is 6.10 Å². The van der Waals surface area contributed by atoms with Crippen molar-refractivity contribution < 1.29 is 28.6 Å². The van der Waals surface area contributed by atoms with Crippen molar-refractivity contribution in [1.82, 2.24) is 0 Å². The topological polar surface area (TPSA) is 78.9 Å². The maximum atomic E-state index is 12.5. The van der Waals surface area contributed by atoms with Crippen LogP contribution in [0.4, 0.5) is 0 Å². The smallest absolute Gasteiger partial charge is 0.306 e. The number of carbonyl (C=O) groups is 3. The standard InChI is InChI=1S/C36H68O6/c1-6-8-9-14-21-26-34(37)40-29-33(30-41-35(38)27-22-17-12-10-15-19-24-31(3)4)42-36(39)28-23-18-13-11-16-20-25-32(5)7-2/h31-33H,6-30H2,1-5H3/t32?,33-/m0/s1. The van der Waals surface area contributed by atoms with Gasteiger partial charge in [0, 0.05) is 19.3 Å². The van der Waals surface area contributed by atoms with E-state index in [4.69, 9.17) is 14.2 Å². The van der Waals surface area contributed by atoms with Crippen molar-refractivity contribution in [2.45, 2.75) is 188 Å². The number of hydrogen-bond acceptors (Lipinski definition) is 6. The summed E-state index contributed by atoms with van der Waals surface area (Å²) in [4.78, 5) is 37.0. The lowest BCUT2D eigenvalue weighted by atomic mass is 10.00. The third-order valence-electron chi connectivity index (χ3n) is 8.08. The van der Waals surface area contributed by atoms with Crippen LogP contribution < -0.4 is 0 Å². The van der Waals surface area contributed by atoms with E-state index in [9.17, 15) is 14.4 Å². The number of ether oxygens (including phenoxy) is 3. The third kappa shape index (κ3) is 28.5. The van der Waals surface area contributed by atoms with Gasteiger partial charge in [0.05, 0.1) is 0 Å². The maximum Gasteiger partial charge on any atom is 0.306 e. The van der Waals surface area contributed by atoms with Gasteiger partial charge in [-0.25, -0.2) is 0 Å². The zero-order valence-electron chi connectivity index (χ0n) is 28.4. The molecule has 0 aromatic rings. The van der Waals surface area contributed by atoms with Crippen molar-refractivity contribution in [3.63, 3.8) is 0 Å². The van der Waals surface area contributed by atoms with Gasteiger partial charge in [-0.2, -0.15) is 0 Å². The molecule has 0 aromatic carbocycles. The summed E-state index contributed by atoms with van der Waals surface area (Å²) in [5, 5.41) is 0. The monoisotopic (exact) mass is 597 g/mol. The zero-order valence-corrected chi connectivity index (χ0v) is 28.4. The molecule has 0 saturated heterocycles. The molecule has 248 valence electrons. The maximum absolute atomic E-state index is 12.5. The average molecular weight is 597 g/mol. The van der Waals surface area contributed by atoms with Gasteiger partial charge in [-0.05, 0) is 31.1 Å². The molecule has 0 spiro atoms. The summed E-state index contributed by atoms with van der Waals surface area (Å²) in [5.41, 5.74) is 0. The van der Waals surface area contributed by atoms with E-state index in [0.717, 1.165) is 76.0 Å². The summed E-state index contributed by atoms with van der Waals surface area (Å²) < 4.78 is 16.4. The zero-order chi connectivity index (χ0) is 31.3. The normalized spacial score (nSPS) is 12.7. The summed E-state index contributed by atoms with van der Waals surface area (Å²) in [5.74, 6) is 0.681. The molecule has 0 aliphatic heterocycles. The van der Waals surface area contributed by atoms with Crippen LogP contribution >= 0.6 is 0 Å². The Balaban J connectivity index is 4.35. The SMILES string of the molecule is CCCCCCCC(=O)OC[C@@H](COC(=O)CCCCCCCCC(C)C)OC(=O)CCCCCCCCC(C)CC. The lowest BCUT2D eigenvalue weighted by molar-refractivity contribution is -0.167. The van der Waals surface area contributed by atoms with Crippen LogP contribution in [0.5, 0.6) is 0 Å². The molecule has 42 heavy (non-hydrogen) atoms. The van der Waals surface area contributed by atoms with Crippen molar-refractivity contribution in [2.24, 2.45) is 11.8 Å². The third-order valence-corrected chi connectivity index (χ3v) is 8.08. The fraction of sp³-hybridized carbons (Fsp3) is 0.917. The van der Waals surface area contributed by atoms with E-state index in [1.54, 1.807) is 0 Å². The molecular weight excluding hydrogens is 528 g/mol.